The summed E-state index contributed by atoms with van der Waals surface area (Å²) in [6.45, 7) is 0.674. The highest BCUT2D eigenvalue weighted by Crippen LogP contribution is 2.62. The molecule has 16 heteroatoms. The molecule has 3 heterocycles. The van der Waals surface area contributed by atoms with E-state index in [-0.39, 0.29) is 0 Å². The van der Waals surface area contributed by atoms with Crippen LogP contribution in [0.25, 0.3) is 0 Å². The highest BCUT2D eigenvalue weighted by atomic mass is 32.2. The highest BCUT2D eigenvalue weighted by molar-refractivity contribution is 7.86. The second-order valence-electron chi connectivity index (χ2n) is 12.7. The number of ether oxygens (including phenoxy) is 6. The normalized spacial score (nSPS) is 41.2. The van der Waals surface area contributed by atoms with Crippen molar-refractivity contribution >= 4 is 34.0 Å². The van der Waals surface area contributed by atoms with Gasteiger partial charge in [0, 0.05) is 0 Å². The van der Waals surface area contributed by atoms with Crippen LogP contribution in [0.3, 0.4) is 0 Å². The zero-order chi connectivity index (χ0) is 31.1. The zero-order valence-corrected chi connectivity index (χ0v) is 24.3. The fraction of sp³-hybridized carbons (Fsp3) is 0.852. The average molecular weight is 637 g/mol. The molecular formula is C27H34F2O13S. The Kier molecular flexibility index (Phi) is 7.53. The van der Waals surface area contributed by atoms with Crippen LogP contribution in [-0.2, 0) is 57.7 Å². The summed E-state index contributed by atoms with van der Waals surface area (Å²) in [6, 6.07) is 0. The minimum Gasteiger partial charge on any atom is -0.459 e. The van der Waals surface area contributed by atoms with Gasteiger partial charge in [-0.25, -0.2) is 9.59 Å². The second kappa shape index (κ2) is 10.6. The van der Waals surface area contributed by atoms with Crippen molar-refractivity contribution in [2.45, 2.75) is 93.7 Å². The molecule has 3 saturated heterocycles. The molecule has 240 valence electrons. The maximum atomic E-state index is 13.7. The number of rotatable bonds is 11. The molecule has 43 heavy (non-hydrogen) atoms. The van der Waals surface area contributed by atoms with Crippen molar-refractivity contribution in [3.63, 3.8) is 0 Å². The minimum absolute atomic E-state index is 0.539. The van der Waals surface area contributed by atoms with E-state index in [1.54, 1.807) is 0 Å². The lowest BCUT2D eigenvalue weighted by Crippen LogP contribution is -2.49. The molecule has 0 aromatic carbocycles. The molecule has 3 aliphatic heterocycles. The second-order valence-corrected chi connectivity index (χ2v) is 14.2. The summed E-state index contributed by atoms with van der Waals surface area (Å²) < 4.78 is 89.3. The maximum absolute atomic E-state index is 13.7. The van der Waals surface area contributed by atoms with Crippen molar-refractivity contribution in [3.05, 3.63) is 0 Å². The monoisotopic (exact) mass is 636 g/mol. The molecule has 0 aromatic rings. The van der Waals surface area contributed by atoms with Gasteiger partial charge in [0.2, 0.25) is 0 Å². The van der Waals surface area contributed by atoms with Crippen molar-refractivity contribution in [2.75, 3.05) is 13.2 Å². The number of fused-ring (bicyclic) bond motifs is 6. The Morgan fingerprint density at radius 2 is 1.70 bits per heavy atom. The van der Waals surface area contributed by atoms with Crippen LogP contribution in [-0.4, -0.2) is 91.4 Å². The molecule has 6 fully saturated rings. The minimum atomic E-state index is -5.84. The van der Waals surface area contributed by atoms with Crippen LogP contribution in [0.1, 0.15) is 52.4 Å². The lowest BCUT2D eigenvalue weighted by molar-refractivity contribution is -0.177. The predicted molar refractivity (Wildman–Crippen MR) is 134 cm³/mol. The topological polar surface area (TPSA) is 178 Å². The highest BCUT2D eigenvalue weighted by Gasteiger charge is 2.72. The standard InChI is InChI=1S/C27H34F2O13S/c1-3-26(7-14-12-4-5-13(6-12)15(14)8-26)42-25(33)19-18-20-23(41-24(18)32)22(21(19)40-20)39-17(31)10-37-9-16(30)38-11(2)27(28,29)43(34,35)36/h11-15,18-23H,3-10H2,1-2H3,(H,34,35,36). The third-order valence-electron chi connectivity index (χ3n) is 10.5. The Bertz CT molecular complexity index is 1290. The molecule has 0 aromatic heterocycles. The first-order valence-electron chi connectivity index (χ1n) is 14.6. The van der Waals surface area contributed by atoms with Gasteiger partial charge in [0.25, 0.3) is 0 Å². The number of halogens is 2. The van der Waals surface area contributed by atoms with Gasteiger partial charge in [-0.15, -0.1) is 0 Å². The number of hydrogen-bond acceptors (Lipinski definition) is 12. The van der Waals surface area contributed by atoms with E-state index in [9.17, 15) is 36.4 Å². The molecule has 4 bridgehead atoms. The number of hydrogen-bond donors (Lipinski definition) is 1. The fourth-order valence-electron chi connectivity index (χ4n) is 8.49. The molecule has 13 nitrogen and oxygen atoms in total. The van der Waals surface area contributed by atoms with Gasteiger partial charge in [0.05, 0.1) is 0 Å². The van der Waals surface area contributed by atoms with Crippen LogP contribution in [0.4, 0.5) is 8.78 Å². The molecule has 6 rings (SSSR count). The van der Waals surface area contributed by atoms with Gasteiger partial charge in [-0.05, 0) is 69.1 Å². The molecule has 11 atom stereocenters. The predicted octanol–water partition coefficient (Wildman–Crippen LogP) is 1.41. The van der Waals surface area contributed by atoms with Gasteiger partial charge >= 0.3 is 39.2 Å². The third-order valence-corrected chi connectivity index (χ3v) is 11.5. The number of alkyl halides is 2. The molecule has 0 amide bonds. The quantitative estimate of drug-likeness (QED) is 0.196. The summed E-state index contributed by atoms with van der Waals surface area (Å²) in [4.78, 5) is 50.7. The van der Waals surface area contributed by atoms with Crippen molar-refractivity contribution in [2.24, 2.45) is 35.5 Å². The van der Waals surface area contributed by atoms with Crippen molar-refractivity contribution in [1.29, 1.82) is 0 Å². The van der Waals surface area contributed by atoms with Crippen LogP contribution >= 0.6 is 0 Å². The Hall–Kier alpha value is -2.43. The molecule has 3 saturated carbocycles. The van der Waals surface area contributed by atoms with Gasteiger partial charge in [-0.3, -0.25) is 14.1 Å². The lowest BCUT2D eigenvalue weighted by Gasteiger charge is -2.33. The largest absolute Gasteiger partial charge is 0.459 e. The molecule has 11 unspecified atom stereocenters. The SMILES string of the molecule is CCC1(OC(=O)C2C3OC4C(OC(=O)C42)C3OC(=O)COCC(=O)OC(C)C(F)(F)S(=O)(=O)O)CC2C3CCC(C3)C2C1. The van der Waals surface area contributed by atoms with Crippen molar-refractivity contribution in [3.8, 4) is 0 Å². The summed E-state index contributed by atoms with van der Waals surface area (Å²) in [5, 5.41) is -4.76. The van der Waals surface area contributed by atoms with Crippen LogP contribution in [0, 0.1) is 35.5 Å². The smallest absolute Gasteiger partial charge is 0.405 e. The van der Waals surface area contributed by atoms with E-state index in [1.165, 1.54) is 19.3 Å². The average Bonchev–Trinajstić information content (AvgIpc) is 3.74. The van der Waals surface area contributed by atoms with Gasteiger partial charge < -0.3 is 28.4 Å². The Morgan fingerprint density at radius 1 is 1.07 bits per heavy atom. The number of carbonyl (C=O) groups excluding carboxylic acids is 4. The Balaban J connectivity index is 1.04. The first kappa shape index (κ1) is 30.6. The van der Waals surface area contributed by atoms with Crippen LogP contribution in [0.5, 0.6) is 0 Å². The van der Waals surface area contributed by atoms with E-state index in [1.807, 2.05) is 6.92 Å². The molecule has 1 N–H and O–H groups in total. The van der Waals surface area contributed by atoms with E-state index in [0.29, 0.717) is 37.0 Å². The number of carbonyl (C=O) groups is 4. The first-order valence-corrected chi connectivity index (χ1v) is 16.0. The Labute approximate surface area is 245 Å². The summed E-state index contributed by atoms with van der Waals surface area (Å²) in [5.41, 5.74) is -0.616. The molecule has 0 radical (unpaired) electrons. The fourth-order valence-corrected chi connectivity index (χ4v) is 8.95. The molecule has 0 spiro atoms. The Morgan fingerprint density at radius 3 is 2.30 bits per heavy atom. The van der Waals surface area contributed by atoms with E-state index in [2.05, 4.69) is 4.74 Å². The van der Waals surface area contributed by atoms with Crippen molar-refractivity contribution in [1.82, 2.24) is 0 Å². The molecule has 3 aliphatic carbocycles. The van der Waals surface area contributed by atoms with Crippen LogP contribution in [0.15, 0.2) is 0 Å². The van der Waals surface area contributed by atoms with Gasteiger partial charge in [-0.2, -0.15) is 17.2 Å². The van der Waals surface area contributed by atoms with Crippen molar-refractivity contribution < 1.29 is 69.4 Å². The summed E-state index contributed by atoms with van der Waals surface area (Å²) in [7, 11) is -5.84. The van der Waals surface area contributed by atoms with Gasteiger partial charge in [-0.1, -0.05) is 6.92 Å². The third kappa shape index (κ3) is 5.01. The van der Waals surface area contributed by atoms with Crippen LogP contribution < -0.4 is 0 Å². The van der Waals surface area contributed by atoms with Gasteiger partial charge in [0.15, 0.2) is 18.3 Å². The first-order chi connectivity index (χ1) is 20.2. The zero-order valence-electron chi connectivity index (χ0n) is 23.5. The van der Waals surface area contributed by atoms with E-state index >= 15 is 0 Å². The van der Waals surface area contributed by atoms with Gasteiger partial charge in [0.1, 0.15) is 42.9 Å². The summed E-state index contributed by atoms with van der Waals surface area (Å²) >= 11 is 0. The van der Waals surface area contributed by atoms with E-state index < -0.39 is 100 Å². The number of esters is 4. The molecule has 6 aliphatic rings. The lowest BCUT2D eigenvalue weighted by atomic mass is 9.78. The molecular weight excluding hydrogens is 602 g/mol. The maximum Gasteiger partial charge on any atom is 0.405 e. The summed E-state index contributed by atoms with van der Waals surface area (Å²) in [5.74, 6) is -3.17. The van der Waals surface area contributed by atoms with E-state index in [0.717, 1.165) is 12.8 Å². The van der Waals surface area contributed by atoms with Crippen LogP contribution in [0.2, 0.25) is 0 Å². The van der Waals surface area contributed by atoms with E-state index in [4.69, 9.17) is 28.2 Å². The summed E-state index contributed by atoms with van der Waals surface area (Å²) in [6.07, 6.45) is -0.488.